The van der Waals surface area contributed by atoms with Crippen LogP contribution >= 0.6 is 0 Å². The number of hydrogen-bond acceptors (Lipinski definition) is 13. The lowest BCUT2D eigenvalue weighted by atomic mass is 10.00. The van der Waals surface area contributed by atoms with E-state index >= 15 is 0 Å². The molecule has 17 heteroatoms. The van der Waals surface area contributed by atoms with Crippen molar-refractivity contribution in [3.05, 3.63) is 65.2 Å². The van der Waals surface area contributed by atoms with Gasteiger partial charge in [0, 0.05) is 34.6 Å². The Morgan fingerprint density at radius 2 is 1.15 bits per heavy atom. The highest BCUT2D eigenvalue weighted by Crippen LogP contribution is 2.18. The molecule has 0 N–H and O–H groups in total. The van der Waals surface area contributed by atoms with Crippen molar-refractivity contribution in [2.75, 3.05) is 68.1 Å². The highest BCUT2D eigenvalue weighted by atomic mass is 16.6. The highest BCUT2D eigenvalue weighted by Gasteiger charge is 2.33. The predicted octanol–water partition coefficient (Wildman–Crippen LogP) is -0.00590. The molecule has 2 aromatic rings. The summed E-state index contributed by atoms with van der Waals surface area (Å²) in [5.74, 6) is -6.23. The lowest BCUT2D eigenvalue weighted by Crippen LogP contribution is -2.49. The first-order valence-corrected chi connectivity index (χ1v) is 16.9. The standard InChI is InChI=1S/C37H46N4O13/c1-23-35(47)39(4)19-33(45)52-22-31(43)41(6)29(17-26-13-11-25(12-14-26)15-27-9-8-10-28(16-27)50-7)37(49)54-24(2)36(48)40(5)18-32(44)51-21-30(42)38(3)20-34(46)53-23/h8-14,16,23-24,29H,15,17-22H2,1-7H3. The summed E-state index contributed by atoms with van der Waals surface area (Å²) in [6.45, 7) is -0.822. The average Bonchev–Trinajstić information content (AvgIpc) is 3.13. The van der Waals surface area contributed by atoms with Crippen molar-refractivity contribution < 1.29 is 62.0 Å². The fourth-order valence-corrected chi connectivity index (χ4v) is 5.21. The lowest BCUT2D eigenvalue weighted by molar-refractivity contribution is -0.167. The summed E-state index contributed by atoms with van der Waals surface area (Å²) >= 11 is 0. The third-order valence-electron chi connectivity index (χ3n) is 8.41. The monoisotopic (exact) mass is 754 g/mol. The molecule has 0 aliphatic carbocycles. The van der Waals surface area contributed by atoms with E-state index in [2.05, 4.69) is 0 Å². The second kappa shape index (κ2) is 19.7. The van der Waals surface area contributed by atoms with E-state index in [0.29, 0.717) is 12.0 Å². The first-order valence-electron chi connectivity index (χ1n) is 16.9. The van der Waals surface area contributed by atoms with Crippen LogP contribution in [0, 0.1) is 0 Å². The molecule has 2 aromatic carbocycles. The number of methoxy groups -OCH3 is 1. The van der Waals surface area contributed by atoms with Crippen molar-refractivity contribution in [1.82, 2.24) is 19.6 Å². The highest BCUT2D eigenvalue weighted by molar-refractivity contribution is 5.91. The fraction of sp³-hybridized carbons (Fsp3) is 0.459. The van der Waals surface area contributed by atoms with Crippen LogP contribution in [-0.2, 0) is 70.1 Å². The molecule has 292 valence electrons. The van der Waals surface area contributed by atoms with Gasteiger partial charge in [-0.05, 0) is 49.1 Å². The molecule has 0 bridgehead atoms. The number of carbonyl (C=O) groups is 8. The van der Waals surface area contributed by atoms with Gasteiger partial charge >= 0.3 is 23.9 Å². The van der Waals surface area contributed by atoms with E-state index in [-0.39, 0.29) is 6.42 Å². The summed E-state index contributed by atoms with van der Waals surface area (Å²) in [7, 11) is 6.65. The van der Waals surface area contributed by atoms with Crippen molar-refractivity contribution in [1.29, 1.82) is 0 Å². The molecule has 1 aliphatic rings. The lowest BCUT2D eigenvalue weighted by Gasteiger charge is -2.29. The van der Waals surface area contributed by atoms with Crippen LogP contribution in [0.3, 0.4) is 0 Å². The zero-order chi connectivity index (χ0) is 40.1. The van der Waals surface area contributed by atoms with Crippen LogP contribution in [0.25, 0.3) is 0 Å². The molecule has 54 heavy (non-hydrogen) atoms. The van der Waals surface area contributed by atoms with Gasteiger partial charge in [0.25, 0.3) is 23.6 Å². The number of esters is 4. The topological polar surface area (TPSA) is 196 Å². The number of cyclic esters (lactones) is 4. The Morgan fingerprint density at radius 1 is 0.630 bits per heavy atom. The molecule has 3 atom stereocenters. The molecular formula is C37H46N4O13. The maximum Gasteiger partial charge on any atom is 0.329 e. The van der Waals surface area contributed by atoms with Crippen LogP contribution in [0.4, 0.5) is 0 Å². The maximum absolute atomic E-state index is 13.6. The van der Waals surface area contributed by atoms with Crippen molar-refractivity contribution in [3.63, 3.8) is 0 Å². The number of amides is 4. The van der Waals surface area contributed by atoms with Crippen LogP contribution in [0.2, 0.25) is 0 Å². The Morgan fingerprint density at radius 3 is 1.72 bits per heavy atom. The summed E-state index contributed by atoms with van der Waals surface area (Å²) in [4.78, 5) is 106. The van der Waals surface area contributed by atoms with E-state index < -0.39 is 98.6 Å². The van der Waals surface area contributed by atoms with Gasteiger partial charge in [0.1, 0.15) is 31.4 Å². The second-order valence-corrected chi connectivity index (χ2v) is 12.7. The maximum atomic E-state index is 13.6. The summed E-state index contributed by atoms with van der Waals surface area (Å²) in [5.41, 5.74) is 2.63. The van der Waals surface area contributed by atoms with Crippen LogP contribution in [0.15, 0.2) is 48.5 Å². The minimum atomic E-state index is -1.41. The number of ether oxygens (including phenoxy) is 5. The zero-order valence-corrected chi connectivity index (χ0v) is 31.4. The minimum absolute atomic E-state index is 0.0478. The molecule has 1 aliphatic heterocycles. The number of likely N-dealkylation sites (N-methyl/N-ethyl adjacent to an activating group) is 4. The molecular weight excluding hydrogens is 708 g/mol. The normalized spacial score (nSPS) is 21.2. The first-order chi connectivity index (χ1) is 25.5. The number of carbonyl (C=O) groups excluding carboxylic acids is 8. The van der Waals surface area contributed by atoms with Crippen LogP contribution < -0.4 is 4.74 Å². The molecule has 0 radical (unpaired) electrons. The summed E-state index contributed by atoms with van der Waals surface area (Å²) < 4.78 is 25.9. The molecule has 3 unspecified atom stereocenters. The fourth-order valence-electron chi connectivity index (χ4n) is 5.21. The van der Waals surface area contributed by atoms with E-state index in [1.165, 1.54) is 42.0 Å². The molecule has 0 aromatic heterocycles. The quantitative estimate of drug-likeness (QED) is 0.293. The van der Waals surface area contributed by atoms with Gasteiger partial charge < -0.3 is 43.3 Å². The van der Waals surface area contributed by atoms with Crippen molar-refractivity contribution in [3.8, 4) is 5.75 Å². The largest absolute Gasteiger partial charge is 0.497 e. The average molecular weight is 755 g/mol. The van der Waals surface area contributed by atoms with Crippen molar-refractivity contribution in [2.45, 2.75) is 44.9 Å². The Hall–Kier alpha value is -6.00. The number of rotatable bonds is 5. The van der Waals surface area contributed by atoms with Gasteiger partial charge in [0.15, 0.2) is 25.4 Å². The van der Waals surface area contributed by atoms with Gasteiger partial charge in [-0.2, -0.15) is 0 Å². The molecule has 1 fully saturated rings. The SMILES string of the molecule is COc1cccc(Cc2ccc(CC3C(=O)OC(C)C(=O)N(C)CC(=O)OCC(=O)N(C)CC(=O)OC(C)C(=O)N(C)CC(=O)OCC(=O)N3C)cc2)c1. The summed E-state index contributed by atoms with van der Waals surface area (Å²) in [5, 5.41) is 0. The number of nitrogens with zero attached hydrogens (tertiary/aromatic N) is 4. The third-order valence-corrected chi connectivity index (χ3v) is 8.41. The van der Waals surface area contributed by atoms with Gasteiger partial charge in [-0.3, -0.25) is 33.6 Å². The van der Waals surface area contributed by atoms with E-state index in [1.54, 1.807) is 19.2 Å². The van der Waals surface area contributed by atoms with Crippen molar-refractivity contribution in [2.24, 2.45) is 0 Å². The Balaban J connectivity index is 1.83. The van der Waals surface area contributed by atoms with E-state index in [0.717, 1.165) is 36.5 Å². The van der Waals surface area contributed by atoms with Crippen LogP contribution in [0.1, 0.15) is 30.5 Å². The number of hydrogen-bond donors (Lipinski definition) is 0. The Labute approximate surface area is 313 Å². The van der Waals surface area contributed by atoms with Gasteiger partial charge in [-0.15, -0.1) is 0 Å². The summed E-state index contributed by atoms with van der Waals surface area (Å²) in [6.07, 6.45) is -2.21. The Kier molecular flexibility index (Phi) is 15.5. The van der Waals surface area contributed by atoms with Gasteiger partial charge in [0.2, 0.25) is 0 Å². The minimum Gasteiger partial charge on any atom is -0.497 e. The van der Waals surface area contributed by atoms with Crippen molar-refractivity contribution >= 4 is 47.5 Å². The first kappa shape index (κ1) is 42.4. The predicted molar refractivity (Wildman–Crippen MR) is 188 cm³/mol. The Bertz CT molecular complexity index is 1710. The van der Waals surface area contributed by atoms with Crippen LogP contribution in [-0.4, -0.2) is 154 Å². The van der Waals surface area contributed by atoms with Gasteiger partial charge in [-0.1, -0.05) is 36.4 Å². The summed E-state index contributed by atoms with van der Waals surface area (Å²) in [6, 6.07) is 13.6. The van der Waals surface area contributed by atoms with Crippen LogP contribution in [0.5, 0.6) is 5.75 Å². The third kappa shape index (κ3) is 12.6. The smallest absolute Gasteiger partial charge is 0.329 e. The molecule has 1 saturated heterocycles. The molecule has 0 saturated carbocycles. The number of benzene rings is 2. The van der Waals surface area contributed by atoms with E-state index in [9.17, 15) is 38.4 Å². The zero-order valence-electron chi connectivity index (χ0n) is 31.4. The van der Waals surface area contributed by atoms with E-state index in [1.807, 2.05) is 36.4 Å². The van der Waals surface area contributed by atoms with E-state index in [4.69, 9.17) is 23.7 Å². The molecule has 17 nitrogen and oxygen atoms in total. The van der Waals surface area contributed by atoms with Gasteiger partial charge in [0.05, 0.1) is 7.11 Å². The molecule has 0 spiro atoms. The van der Waals surface area contributed by atoms with Gasteiger partial charge in [-0.25, -0.2) is 4.79 Å². The molecule has 4 amide bonds. The molecule has 3 rings (SSSR count). The molecule has 1 heterocycles. The second-order valence-electron chi connectivity index (χ2n) is 12.7.